The summed E-state index contributed by atoms with van der Waals surface area (Å²) in [5.41, 5.74) is 2.69. The molecule has 0 radical (unpaired) electrons. The normalized spacial score (nSPS) is 12.0. The summed E-state index contributed by atoms with van der Waals surface area (Å²) in [6, 6.07) is 7.10. The second-order valence-corrected chi connectivity index (χ2v) is 5.69. The summed E-state index contributed by atoms with van der Waals surface area (Å²) >= 11 is 1.53. The van der Waals surface area contributed by atoms with Gasteiger partial charge in [0.15, 0.2) is 0 Å². The van der Waals surface area contributed by atoms with Crippen LogP contribution in [0.5, 0.6) is 0 Å². The van der Waals surface area contributed by atoms with Crippen molar-refractivity contribution in [3.63, 3.8) is 0 Å². The Morgan fingerprint density at radius 2 is 2.10 bits per heavy atom. The standard InChI is InChI=1S/C15H19N3O2S/c1-10-9-21-14(17-10)11(2)18-15(20)16-7-12-5-3-4-6-13(12)8-19/h3-6,9,11,19H,7-8H2,1-2H3,(H2,16,18,20). The van der Waals surface area contributed by atoms with E-state index in [2.05, 4.69) is 15.6 Å². The molecule has 21 heavy (non-hydrogen) atoms. The van der Waals surface area contributed by atoms with E-state index < -0.39 is 0 Å². The molecule has 2 rings (SSSR count). The number of aromatic nitrogens is 1. The van der Waals surface area contributed by atoms with Crippen LogP contribution in [0.1, 0.15) is 34.8 Å². The lowest BCUT2D eigenvalue weighted by molar-refractivity contribution is 0.237. The van der Waals surface area contributed by atoms with Gasteiger partial charge in [-0.15, -0.1) is 11.3 Å². The number of aliphatic hydroxyl groups is 1. The van der Waals surface area contributed by atoms with E-state index in [0.29, 0.717) is 6.54 Å². The molecule has 2 aromatic rings. The van der Waals surface area contributed by atoms with Crippen molar-refractivity contribution in [3.8, 4) is 0 Å². The van der Waals surface area contributed by atoms with E-state index in [0.717, 1.165) is 21.8 Å². The number of aliphatic hydroxyl groups excluding tert-OH is 1. The molecular formula is C15H19N3O2S. The van der Waals surface area contributed by atoms with Crippen LogP contribution in [0.3, 0.4) is 0 Å². The van der Waals surface area contributed by atoms with Crippen LogP contribution in [0.15, 0.2) is 29.6 Å². The number of nitrogens with zero attached hydrogens (tertiary/aromatic N) is 1. The van der Waals surface area contributed by atoms with Crippen LogP contribution < -0.4 is 10.6 Å². The number of aryl methyl sites for hydroxylation is 1. The number of carbonyl (C=O) groups is 1. The molecule has 2 amide bonds. The average molecular weight is 305 g/mol. The van der Waals surface area contributed by atoms with Gasteiger partial charge in [-0.1, -0.05) is 24.3 Å². The molecule has 1 aromatic heterocycles. The summed E-state index contributed by atoms with van der Waals surface area (Å²) in [5, 5.41) is 17.7. The van der Waals surface area contributed by atoms with Gasteiger partial charge in [-0.2, -0.15) is 0 Å². The minimum absolute atomic E-state index is 0.0335. The molecule has 0 saturated heterocycles. The van der Waals surface area contributed by atoms with Crippen LogP contribution >= 0.6 is 11.3 Å². The Bertz CT molecular complexity index is 612. The van der Waals surface area contributed by atoms with Gasteiger partial charge in [-0.25, -0.2) is 9.78 Å². The molecule has 5 nitrogen and oxygen atoms in total. The Hall–Kier alpha value is -1.92. The van der Waals surface area contributed by atoms with E-state index in [4.69, 9.17) is 0 Å². The molecule has 0 spiro atoms. The third-order valence-electron chi connectivity index (χ3n) is 3.08. The molecule has 1 heterocycles. The number of nitrogens with one attached hydrogen (secondary N) is 2. The molecule has 0 bridgehead atoms. The predicted molar refractivity (Wildman–Crippen MR) is 83.0 cm³/mol. The molecule has 6 heteroatoms. The number of amides is 2. The van der Waals surface area contributed by atoms with Crippen LogP contribution in [-0.4, -0.2) is 16.1 Å². The molecule has 1 unspecified atom stereocenters. The van der Waals surface area contributed by atoms with Crippen LogP contribution in [-0.2, 0) is 13.2 Å². The Morgan fingerprint density at radius 1 is 1.38 bits per heavy atom. The van der Waals surface area contributed by atoms with Crippen molar-refractivity contribution in [2.24, 2.45) is 0 Å². The topological polar surface area (TPSA) is 74.2 Å². The molecule has 0 aliphatic carbocycles. The minimum Gasteiger partial charge on any atom is -0.392 e. The van der Waals surface area contributed by atoms with Crippen molar-refractivity contribution in [2.45, 2.75) is 33.0 Å². The van der Waals surface area contributed by atoms with Gasteiger partial charge >= 0.3 is 6.03 Å². The van der Waals surface area contributed by atoms with Crippen LogP contribution in [0.25, 0.3) is 0 Å². The number of hydrogen-bond donors (Lipinski definition) is 3. The van der Waals surface area contributed by atoms with Crippen molar-refractivity contribution in [1.29, 1.82) is 0 Å². The number of hydrogen-bond acceptors (Lipinski definition) is 4. The van der Waals surface area contributed by atoms with E-state index in [1.807, 2.05) is 43.5 Å². The van der Waals surface area contributed by atoms with Crippen molar-refractivity contribution in [1.82, 2.24) is 15.6 Å². The maximum absolute atomic E-state index is 11.9. The number of carbonyl (C=O) groups excluding carboxylic acids is 1. The van der Waals surface area contributed by atoms with Gasteiger partial charge in [0.2, 0.25) is 0 Å². The third kappa shape index (κ3) is 4.27. The molecule has 0 fully saturated rings. The second-order valence-electron chi connectivity index (χ2n) is 4.80. The summed E-state index contributed by atoms with van der Waals surface area (Å²) in [6.07, 6.45) is 0. The summed E-state index contributed by atoms with van der Waals surface area (Å²) in [5.74, 6) is 0. The maximum Gasteiger partial charge on any atom is 0.315 e. The fraction of sp³-hybridized carbons (Fsp3) is 0.333. The van der Waals surface area contributed by atoms with Gasteiger partial charge in [0.05, 0.1) is 12.6 Å². The highest BCUT2D eigenvalue weighted by Gasteiger charge is 2.12. The van der Waals surface area contributed by atoms with E-state index in [1.54, 1.807) is 0 Å². The quantitative estimate of drug-likeness (QED) is 0.794. The lowest BCUT2D eigenvalue weighted by Gasteiger charge is -2.13. The average Bonchev–Trinajstić information content (AvgIpc) is 2.92. The Balaban J connectivity index is 1.87. The molecule has 0 aliphatic rings. The fourth-order valence-corrected chi connectivity index (χ4v) is 2.74. The van der Waals surface area contributed by atoms with Crippen molar-refractivity contribution in [3.05, 3.63) is 51.5 Å². The zero-order valence-electron chi connectivity index (χ0n) is 12.1. The van der Waals surface area contributed by atoms with Crippen LogP contribution in [0.2, 0.25) is 0 Å². The smallest absolute Gasteiger partial charge is 0.315 e. The summed E-state index contributed by atoms with van der Waals surface area (Å²) in [7, 11) is 0. The van der Waals surface area contributed by atoms with E-state index in [-0.39, 0.29) is 18.7 Å². The number of benzene rings is 1. The summed E-state index contributed by atoms with van der Waals surface area (Å²) in [4.78, 5) is 16.3. The molecule has 1 atom stereocenters. The monoisotopic (exact) mass is 305 g/mol. The van der Waals surface area contributed by atoms with Crippen molar-refractivity contribution >= 4 is 17.4 Å². The lowest BCUT2D eigenvalue weighted by Crippen LogP contribution is -2.36. The van der Waals surface area contributed by atoms with Gasteiger partial charge in [0.25, 0.3) is 0 Å². The highest BCUT2D eigenvalue weighted by Crippen LogP contribution is 2.17. The van der Waals surface area contributed by atoms with Gasteiger partial charge in [0, 0.05) is 17.6 Å². The summed E-state index contributed by atoms with van der Waals surface area (Å²) in [6.45, 7) is 4.18. The number of thiazole rings is 1. The number of urea groups is 1. The Labute approximate surface area is 128 Å². The first-order chi connectivity index (χ1) is 10.1. The van der Waals surface area contributed by atoms with Crippen LogP contribution in [0.4, 0.5) is 4.79 Å². The molecular weight excluding hydrogens is 286 g/mol. The maximum atomic E-state index is 11.9. The largest absolute Gasteiger partial charge is 0.392 e. The zero-order chi connectivity index (χ0) is 15.2. The molecule has 112 valence electrons. The van der Waals surface area contributed by atoms with E-state index >= 15 is 0 Å². The SMILES string of the molecule is Cc1csc(C(C)NC(=O)NCc2ccccc2CO)n1. The second kappa shape index (κ2) is 7.19. The Morgan fingerprint density at radius 3 is 2.71 bits per heavy atom. The van der Waals surface area contributed by atoms with Gasteiger partial charge in [-0.3, -0.25) is 0 Å². The molecule has 0 saturated carbocycles. The van der Waals surface area contributed by atoms with Crippen LogP contribution in [0, 0.1) is 6.92 Å². The van der Waals surface area contributed by atoms with E-state index in [1.165, 1.54) is 11.3 Å². The fourth-order valence-electron chi connectivity index (χ4n) is 1.94. The predicted octanol–water partition coefficient (Wildman–Crippen LogP) is 2.50. The third-order valence-corrected chi connectivity index (χ3v) is 4.23. The van der Waals surface area contributed by atoms with Gasteiger partial charge < -0.3 is 15.7 Å². The molecule has 3 N–H and O–H groups in total. The van der Waals surface area contributed by atoms with Gasteiger partial charge in [-0.05, 0) is 25.0 Å². The van der Waals surface area contributed by atoms with E-state index in [9.17, 15) is 9.90 Å². The summed E-state index contributed by atoms with van der Waals surface area (Å²) < 4.78 is 0. The first-order valence-electron chi connectivity index (χ1n) is 6.74. The van der Waals surface area contributed by atoms with Crippen molar-refractivity contribution < 1.29 is 9.90 Å². The van der Waals surface area contributed by atoms with Gasteiger partial charge in [0.1, 0.15) is 5.01 Å². The Kier molecular flexibility index (Phi) is 5.30. The highest BCUT2D eigenvalue weighted by atomic mass is 32.1. The lowest BCUT2D eigenvalue weighted by atomic mass is 10.1. The first-order valence-corrected chi connectivity index (χ1v) is 7.62. The number of rotatable bonds is 5. The molecule has 1 aromatic carbocycles. The highest BCUT2D eigenvalue weighted by molar-refractivity contribution is 7.09. The van der Waals surface area contributed by atoms with Crippen molar-refractivity contribution in [2.75, 3.05) is 0 Å². The zero-order valence-corrected chi connectivity index (χ0v) is 12.9. The molecule has 0 aliphatic heterocycles. The first kappa shape index (κ1) is 15.5. The minimum atomic E-state index is -0.247.